The quantitative estimate of drug-likeness (QED) is 0.343. The maximum atomic E-state index is 13.2. The van der Waals surface area contributed by atoms with Gasteiger partial charge in [0, 0.05) is 31.9 Å². The van der Waals surface area contributed by atoms with Gasteiger partial charge >= 0.3 is 12.5 Å². The van der Waals surface area contributed by atoms with Crippen LogP contribution in [0.1, 0.15) is 24.1 Å². The maximum Gasteiger partial charge on any atom is 0.573 e. The monoisotopic (exact) mass is 523 g/mol. The molecule has 198 valence electrons. The summed E-state index contributed by atoms with van der Waals surface area (Å²) in [6.45, 7) is 2.11. The van der Waals surface area contributed by atoms with E-state index in [-0.39, 0.29) is 18.8 Å². The molecule has 10 heteroatoms. The first-order valence-electron chi connectivity index (χ1n) is 11.8. The highest BCUT2D eigenvalue weighted by atomic mass is 19.4. The van der Waals surface area contributed by atoms with Crippen molar-refractivity contribution in [1.82, 2.24) is 4.90 Å². The molecule has 0 aromatic heterocycles. The van der Waals surface area contributed by atoms with Gasteiger partial charge in [0.25, 0.3) is 0 Å². The predicted octanol–water partition coefficient (Wildman–Crippen LogP) is 6.86. The van der Waals surface area contributed by atoms with E-state index in [1.54, 1.807) is 6.07 Å². The van der Waals surface area contributed by atoms with Crippen LogP contribution in [0.3, 0.4) is 0 Å². The number of hydrogen-bond donors (Lipinski definition) is 1. The van der Waals surface area contributed by atoms with Crippen molar-refractivity contribution >= 4 is 11.4 Å². The van der Waals surface area contributed by atoms with Crippen LogP contribution < -0.4 is 15.0 Å². The lowest BCUT2D eigenvalue weighted by molar-refractivity contribution is -0.274. The van der Waals surface area contributed by atoms with Crippen molar-refractivity contribution in [3.05, 3.63) is 90.0 Å². The number of ether oxygens (including phenoxy) is 1. The summed E-state index contributed by atoms with van der Waals surface area (Å²) >= 11 is 0. The second-order valence-electron chi connectivity index (χ2n) is 8.87. The topological polar surface area (TPSA) is 27.7 Å². The van der Waals surface area contributed by atoms with Gasteiger partial charge in [-0.05, 0) is 36.2 Å². The van der Waals surface area contributed by atoms with E-state index >= 15 is 0 Å². The summed E-state index contributed by atoms with van der Waals surface area (Å²) in [5.74, 6) is -0.391. The molecule has 1 N–H and O–H groups in total. The minimum atomic E-state index is -4.90. The van der Waals surface area contributed by atoms with Gasteiger partial charge in [0.1, 0.15) is 6.04 Å². The van der Waals surface area contributed by atoms with Gasteiger partial charge in [-0.15, -0.1) is 13.2 Å². The van der Waals surface area contributed by atoms with Crippen LogP contribution in [-0.4, -0.2) is 49.7 Å². The molecule has 0 amide bonds. The van der Waals surface area contributed by atoms with E-state index in [4.69, 9.17) is 0 Å². The van der Waals surface area contributed by atoms with Crippen molar-refractivity contribution in [3.8, 4) is 5.75 Å². The van der Waals surface area contributed by atoms with E-state index in [0.717, 1.165) is 18.1 Å². The van der Waals surface area contributed by atoms with Crippen LogP contribution in [0.2, 0.25) is 0 Å². The van der Waals surface area contributed by atoms with Crippen LogP contribution >= 0.6 is 0 Å². The van der Waals surface area contributed by atoms with Crippen molar-refractivity contribution < 1.29 is 31.1 Å². The molecular weight excluding hydrogens is 496 g/mol. The highest BCUT2D eigenvalue weighted by Gasteiger charge is 2.41. The van der Waals surface area contributed by atoms with Gasteiger partial charge in [-0.25, -0.2) is 0 Å². The molecule has 0 spiro atoms. The van der Waals surface area contributed by atoms with Crippen LogP contribution in [0.15, 0.2) is 78.9 Å². The minimum Gasteiger partial charge on any atom is -0.404 e. The predicted molar refractivity (Wildman–Crippen MR) is 131 cm³/mol. The molecule has 0 radical (unpaired) electrons. The standard InChI is InChI=1S/C27H27F6N3O/c1-19(26(28,29)30)35-14-16-36(17-15-35)22-12-13-24(37-27(31,32)33)23(18-22)34-25(20-8-4-2-5-9-20)21-10-6-3-7-11-21/h2-13,18-19,25,34H,14-17H2,1H3. The Hall–Kier alpha value is -3.40. The Morgan fingerprint density at radius 2 is 1.30 bits per heavy atom. The van der Waals surface area contributed by atoms with Gasteiger partial charge in [-0.1, -0.05) is 60.7 Å². The van der Waals surface area contributed by atoms with Gasteiger partial charge in [0.05, 0.1) is 11.7 Å². The lowest BCUT2D eigenvalue weighted by atomic mass is 9.98. The number of nitrogens with one attached hydrogen (secondary N) is 1. The Labute approximate surface area is 211 Å². The number of rotatable bonds is 7. The molecule has 1 aliphatic rings. The SMILES string of the molecule is CC(N1CCN(c2ccc(OC(F)(F)F)c(NC(c3ccccc3)c3ccccc3)c2)CC1)C(F)(F)F. The summed E-state index contributed by atoms with van der Waals surface area (Å²) in [6.07, 6.45) is -9.22. The van der Waals surface area contributed by atoms with E-state index in [0.29, 0.717) is 18.8 Å². The lowest BCUT2D eigenvalue weighted by Gasteiger charge is -2.39. The third-order valence-corrected chi connectivity index (χ3v) is 6.46. The molecule has 3 aromatic carbocycles. The smallest absolute Gasteiger partial charge is 0.404 e. The van der Waals surface area contributed by atoms with Crippen molar-refractivity contribution in [1.29, 1.82) is 0 Å². The Balaban J connectivity index is 1.63. The highest BCUT2D eigenvalue weighted by Crippen LogP contribution is 2.38. The first kappa shape index (κ1) is 26.7. The molecule has 0 bridgehead atoms. The lowest BCUT2D eigenvalue weighted by Crippen LogP contribution is -2.53. The number of halogens is 6. The van der Waals surface area contributed by atoms with Gasteiger partial charge in [-0.2, -0.15) is 13.2 Å². The summed E-state index contributed by atoms with van der Waals surface area (Å²) in [4.78, 5) is 3.22. The summed E-state index contributed by atoms with van der Waals surface area (Å²) in [6, 6.07) is 20.8. The third-order valence-electron chi connectivity index (χ3n) is 6.46. The Morgan fingerprint density at radius 1 is 0.757 bits per heavy atom. The maximum absolute atomic E-state index is 13.2. The Morgan fingerprint density at radius 3 is 1.78 bits per heavy atom. The van der Waals surface area contributed by atoms with Gasteiger partial charge in [-0.3, -0.25) is 4.90 Å². The number of alkyl halides is 6. The van der Waals surface area contributed by atoms with Crippen LogP contribution in [-0.2, 0) is 0 Å². The molecule has 0 saturated carbocycles. The largest absolute Gasteiger partial charge is 0.573 e. The van der Waals surface area contributed by atoms with Crippen molar-refractivity contribution in [2.45, 2.75) is 31.5 Å². The third kappa shape index (κ3) is 6.88. The molecule has 1 heterocycles. The van der Waals surface area contributed by atoms with E-state index in [1.807, 2.05) is 65.6 Å². The highest BCUT2D eigenvalue weighted by molar-refractivity contribution is 5.67. The number of anilines is 2. The summed E-state index contributed by atoms with van der Waals surface area (Å²) in [5, 5.41) is 3.22. The molecule has 1 unspecified atom stereocenters. The normalized spacial score (nSPS) is 16.1. The Bertz CT molecular complexity index is 1110. The molecule has 0 aliphatic carbocycles. The second-order valence-corrected chi connectivity index (χ2v) is 8.87. The number of nitrogens with zero attached hydrogens (tertiary/aromatic N) is 2. The molecule has 1 atom stereocenters. The zero-order chi connectivity index (χ0) is 26.6. The molecule has 1 aliphatic heterocycles. The first-order valence-corrected chi connectivity index (χ1v) is 11.8. The van der Waals surface area contributed by atoms with Gasteiger partial charge < -0.3 is 15.0 Å². The number of benzene rings is 3. The fourth-order valence-electron chi connectivity index (χ4n) is 4.42. The molecule has 1 saturated heterocycles. The second kappa shape index (κ2) is 10.9. The van der Waals surface area contributed by atoms with Gasteiger partial charge in [0.15, 0.2) is 5.75 Å². The molecule has 37 heavy (non-hydrogen) atoms. The summed E-state index contributed by atoms with van der Waals surface area (Å²) in [5.41, 5.74) is 2.40. The van der Waals surface area contributed by atoms with E-state index < -0.39 is 30.4 Å². The Kier molecular flexibility index (Phi) is 7.87. The van der Waals surface area contributed by atoms with Crippen LogP contribution in [0.5, 0.6) is 5.75 Å². The average molecular weight is 524 g/mol. The molecule has 1 fully saturated rings. The van der Waals surface area contributed by atoms with Crippen LogP contribution in [0, 0.1) is 0 Å². The number of piperazine rings is 1. The van der Waals surface area contributed by atoms with E-state index in [9.17, 15) is 26.3 Å². The fraction of sp³-hybridized carbons (Fsp3) is 0.333. The first-order chi connectivity index (χ1) is 17.5. The molecule has 3 aromatic rings. The summed E-state index contributed by atoms with van der Waals surface area (Å²) in [7, 11) is 0. The molecule has 4 nitrogen and oxygen atoms in total. The van der Waals surface area contributed by atoms with Crippen molar-refractivity contribution in [2.24, 2.45) is 0 Å². The van der Waals surface area contributed by atoms with Crippen LogP contribution in [0.4, 0.5) is 37.7 Å². The van der Waals surface area contributed by atoms with Crippen LogP contribution in [0.25, 0.3) is 0 Å². The molecule has 4 rings (SSSR count). The average Bonchev–Trinajstić information content (AvgIpc) is 2.87. The minimum absolute atomic E-state index is 0.124. The summed E-state index contributed by atoms with van der Waals surface area (Å²) < 4.78 is 83.3. The zero-order valence-electron chi connectivity index (χ0n) is 20.1. The zero-order valence-corrected chi connectivity index (χ0v) is 20.1. The van der Waals surface area contributed by atoms with Crippen molar-refractivity contribution in [2.75, 3.05) is 36.4 Å². The molecular formula is C27H27F6N3O. The number of hydrogen-bond acceptors (Lipinski definition) is 4. The fourth-order valence-corrected chi connectivity index (χ4v) is 4.42. The van der Waals surface area contributed by atoms with Gasteiger partial charge in [0.2, 0.25) is 0 Å². The van der Waals surface area contributed by atoms with Crippen molar-refractivity contribution in [3.63, 3.8) is 0 Å². The van der Waals surface area contributed by atoms with E-state index in [1.165, 1.54) is 17.0 Å². The van der Waals surface area contributed by atoms with E-state index in [2.05, 4.69) is 10.1 Å².